The van der Waals surface area contributed by atoms with Crippen LogP contribution >= 0.6 is 11.8 Å². The lowest BCUT2D eigenvalue weighted by Gasteiger charge is -2.26. The smallest absolute Gasteiger partial charge is 0.254 e. The predicted molar refractivity (Wildman–Crippen MR) is 118 cm³/mol. The second kappa shape index (κ2) is 8.47. The van der Waals surface area contributed by atoms with Crippen molar-refractivity contribution in [2.45, 2.75) is 20.4 Å². The van der Waals surface area contributed by atoms with E-state index in [-0.39, 0.29) is 17.6 Å². The Balaban J connectivity index is 1.90. The summed E-state index contributed by atoms with van der Waals surface area (Å²) in [6, 6.07) is 9.91. The molecule has 3 aromatic rings. The van der Waals surface area contributed by atoms with Gasteiger partial charge in [0, 0.05) is 43.6 Å². The van der Waals surface area contributed by atoms with E-state index in [0.717, 1.165) is 11.5 Å². The Bertz CT molecular complexity index is 1120. The second-order valence-corrected chi connectivity index (χ2v) is 8.36. The molecule has 2 aromatic carbocycles. The molecule has 2 heterocycles. The lowest BCUT2D eigenvalue weighted by molar-refractivity contribution is -0.114. The second-order valence-electron chi connectivity index (χ2n) is 7.14. The molecule has 1 N–H and O–H groups in total. The molecule has 4 rings (SSSR count). The lowest BCUT2D eigenvalue weighted by Crippen LogP contribution is -2.37. The molecule has 1 aliphatic rings. The van der Waals surface area contributed by atoms with Crippen molar-refractivity contribution >= 4 is 40.3 Å². The Kier molecular flexibility index (Phi) is 5.76. The average Bonchev–Trinajstić information content (AvgIpc) is 3.12. The molecule has 0 spiro atoms. The Morgan fingerprint density at radius 2 is 1.93 bits per heavy atom. The van der Waals surface area contributed by atoms with Crippen LogP contribution in [0.3, 0.4) is 0 Å². The van der Waals surface area contributed by atoms with Crippen LogP contribution in [0.4, 0.5) is 10.1 Å². The van der Waals surface area contributed by atoms with Crippen LogP contribution in [0.15, 0.2) is 36.4 Å². The summed E-state index contributed by atoms with van der Waals surface area (Å²) in [5.74, 6) is 1.60. The Hall–Kier alpha value is -2.87. The summed E-state index contributed by atoms with van der Waals surface area (Å²) in [5, 5.41) is 2.83. The van der Waals surface area contributed by atoms with Gasteiger partial charge in [0.1, 0.15) is 11.6 Å². The van der Waals surface area contributed by atoms with E-state index in [1.807, 2.05) is 28.2 Å². The van der Waals surface area contributed by atoms with E-state index in [1.54, 1.807) is 30.3 Å². The number of aryl methyl sites for hydroxylation is 1. The quantitative estimate of drug-likeness (QED) is 0.685. The normalized spacial score (nSPS) is 14.2. The molecule has 156 valence electrons. The van der Waals surface area contributed by atoms with Gasteiger partial charge in [-0.05, 0) is 31.2 Å². The monoisotopic (exact) mass is 426 g/mol. The topological polar surface area (TPSA) is 67.2 Å². The Morgan fingerprint density at radius 3 is 2.60 bits per heavy atom. The number of carbonyl (C=O) groups excluding carboxylic acids is 2. The molecule has 1 fully saturated rings. The van der Waals surface area contributed by atoms with Gasteiger partial charge in [0.05, 0.1) is 22.3 Å². The van der Waals surface area contributed by atoms with Crippen molar-refractivity contribution in [3.05, 3.63) is 47.8 Å². The van der Waals surface area contributed by atoms with Crippen LogP contribution < -0.4 is 5.32 Å². The van der Waals surface area contributed by atoms with Gasteiger partial charge in [-0.3, -0.25) is 9.59 Å². The summed E-state index contributed by atoms with van der Waals surface area (Å²) in [6.45, 7) is 5.28. The molecule has 0 bridgehead atoms. The minimum atomic E-state index is -0.370. The molecule has 1 saturated heterocycles. The zero-order valence-corrected chi connectivity index (χ0v) is 17.8. The summed E-state index contributed by atoms with van der Waals surface area (Å²) < 4.78 is 16.4. The molecule has 8 heteroatoms. The van der Waals surface area contributed by atoms with E-state index >= 15 is 0 Å². The fourth-order valence-electron chi connectivity index (χ4n) is 3.78. The van der Waals surface area contributed by atoms with Crippen LogP contribution in [-0.4, -0.2) is 50.9 Å². The number of fused-ring (bicyclic) bond motifs is 1. The van der Waals surface area contributed by atoms with Crippen molar-refractivity contribution in [3.8, 4) is 11.4 Å². The summed E-state index contributed by atoms with van der Waals surface area (Å²) in [7, 11) is 0. The Morgan fingerprint density at radius 1 is 1.20 bits per heavy atom. The fraction of sp³-hybridized carbons (Fsp3) is 0.318. The summed E-state index contributed by atoms with van der Waals surface area (Å²) in [6.07, 6.45) is 0. The number of nitrogens with zero attached hydrogens (tertiary/aromatic N) is 3. The number of carbonyl (C=O) groups is 2. The van der Waals surface area contributed by atoms with E-state index in [4.69, 9.17) is 0 Å². The van der Waals surface area contributed by atoms with Crippen LogP contribution in [0.2, 0.25) is 0 Å². The molecule has 30 heavy (non-hydrogen) atoms. The van der Waals surface area contributed by atoms with Gasteiger partial charge in [0.15, 0.2) is 0 Å². The molecule has 0 unspecified atom stereocenters. The molecule has 1 aromatic heterocycles. The molecule has 6 nitrogen and oxygen atoms in total. The number of benzene rings is 2. The maximum absolute atomic E-state index is 14.5. The van der Waals surface area contributed by atoms with Gasteiger partial charge in [0.25, 0.3) is 5.91 Å². The van der Waals surface area contributed by atoms with Crippen LogP contribution in [0, 0.1) is 5.82 Å². The number of anilines is 1. The predicted octanol–water partition coefficient (Wildman–Crippen LogP) is 4.01. The van der Waals surface area contributed by atoms with Gasteiger partial charge >= 0.3 is 0 Å². The third-order valence-electron chi connectivity index (χ3n) is 5.13. The number of imidazole rings is 1. The SMILES string of the molecule is CCn1c(-c2ccccc2F)nc2cc(C(=O)N3CCSCC3)cc(NC(C)=O)c21. The third-order valence-corrected chi connectivity index (χ3v) is 6.07. The molecule has 0 saturated carbocycles. The van der Waals surface area contributed by atoms with Crippen molar-refractivity contribution in [1.82, 2.24) is 14.5 Å². The number of rotatable bonds is 4. The highest BCUT2D eigenvalue weighted by Gasteiger charge is 2.23. The van der Waals surface area contributed by atoms with Crippen molar-refractivity contribution in [3.63, 3.8) is 0 Å². The van der Waals surface area contributed by atoms with E-state index in [1.165, 1.54) is 13.0 Å². The van der Waals surface area contributed by atoms with Crippen molar-refractivity contribution in [1.29, 1.82) is 0 Å². The number of aromatic nitrogens is 2. The van der Waals surface area contributed by atoms with Crippen molar-refractivity contribution in [2.24, 2.45) is 0 Å². The minimum Gasteiger partial charge on any atom is -0.337 e. The van der Waals surface area contributed by atoms with Gasteiger partial charge in [-0.1, -0.05) is 12.1 Å². The van der Waals surface area contributed by atoms with E-state index in [9.17, 15) is 14.0 Å². The number of hydrogen-bond donors (Lipinski definition) is 1. The highest BCUT2D eigenvalue weighted by molar-refractivity contribution is 7.99. The van der Waals surface area contributed by atoms with Crippen LogP contribution in [0.25, 0.3) is 22.4 Å². The Labute approximate surface area is 178 Å². The number of amides is 2. The van der Waals surface area contributed by atoms with Crippen LogP contribution in [0.5, 0.6) is 0 Å². The highest BCUT2D eigenvalue weighted by Crippen LogP contribution is 2.32. The lowest BCUT2D eigenvalue weighted by atomic mass is 10.1. The zero-order chi connectivity index (χ0) is 21.3. The molecule has 0 radical (unpaired) electrons. The van der Waals surface area contributed by atoms with E-state index in [2.05, 4.69) is 10.3 Å². The first kappa shape index (κ1) is 20.4. The highest BCUT2D eigenvalue weighted by atomic mass is 32.2. The van der Waals surface area contributed by atoms with Gasteiger partial charge in [-0.2, -0.15) is 11.8 Å². The fourth-order valence-corrected chi connectivity index (χ4v) is 4.68. The summed E-state index contributed by atoms with van der Waals surface area (Å²) >= 11 is 1.83. The maximum Gasteiger partial charge on any atom is 0.254 e. The van der Waals surface area contributed by atoms with E-state index < -0.39 is 0 Å². The van der Waals surface area contributed by atoms with Gasteiger partial charge < -0.3 is 14.8 Å². The first-order chi connectivity index (χ1) is 14.5. The summed E-state index contributed by atoms with van der Waals surface area (Å²) in [4.78, 5) is 31.4. The van der Waals surface area contributed by atoms with Gasteiger partial charge in [0.2, 0.25) is 5.91 Å². The number of thioether (sulfide) groups is 1. The molecule has 1 aliphatic heterocycles. The van der Waals surface area contributed by atoms with Crippen molar-refractivity contribution < 1.29 is 14.0 Å². The largest absolute Gasteiger partial charge is 0.337 e. The zero-order valence-electron chi connectivity index (χ0n) is 16.9. The van der Waals surface area contributed by atoms with Gasteiger partial charge in [-0.15, -0.1) is 0 Å². The average molecular weight is 427 g/mol. The molecule has 2 amide bonds. The number of halogens is 1. The number of nitrogens with one attached hydrogen (secondary N) is 1. The number of hydrogen-bond acceptors (Lipinski definition) is 4. The van der Waals surface area contributed by atoms with Crippen LogP contribution in [-0.2, 0) is 11.3 Å². The van der Waals surface area contributed by atoms with Crippen LogP contribution in [0.1, 0.15) is 24.2 Å². The molecule has 0 atom stereocenters. The molecular formula is C22H23FN4O2S. The van der Waals surface area contributed by atoms with Gasteiger partial charge in [-0.25, -0.2) is 9.37 Å². The first-order valence-corrected chi connectivity index (χ1v) is 11.1. The third kappa shape index (κ3) is 3.79. The van der Waals surface area contributed by atoms with Crippen molar-refractivity contribution in [2.75, 3.05) is 29.9 Å². The first-order valence-electron chi connectivity index (χ1n) is 9.93. The maximum atomic E-state index is 14.5. The molecular weight excluding hydrogens is 403 g/mol. The summed E-state index contributed by atoms with van der Waals surface area (Å²) in [5.41, 5.74) is 2.59. The minimum absolute atomic E-state index is 0.0812. The van der Waals surface area contributed by atoms with E-state index in [0.29, 0.717) is 53.3 Å². The standard InChI is InChI=1S/C22H23FN4O2S/c1-3-27-20-18(24-14(2)28)12-15(22(29)26-8-10-30-11-9-26)13-19(20)25-21(27)16-6-4-5-7-17(16)23/h4-7,12-13H,3,8-11H2,1-2H3,(H,24,28). The molecule has 0 aliphatic carbocycles.